The monoisotopic (exact) mass is 547 g/mol. The number of nitrogens with two attached hydrogens (primary N) is 1. The molecule has 0 unspecified atom stereocenters. The van der Waals surface area contributed by atoms with E-state index in [2.05, 4.69) is 19.8 Å². The Morgan fingerprint density at radius 2 is 1.80 bits per heavy atom. The quantitative estimate of drug-likeness (QED) is 0.241. The van der Waals surface area contributed by atoms with Crippen molar-refractivity contribution in [3.63, 3.8) is 0 Å². The summed E-state index contributed by atoms with van der Waals surface area (Å²) in [5.74, 6) is -0.432. The van der Waals surface area contributed by atoms with Crippen molar-refractivity contribution in [3.05, 3.63) is 42.0 Å². The molecule has 0 bridgehead atoms. The van der Waals surface area contributed by atoms with Crippen molar-refractivity contribution in [2.24, 2.45) is 10.7 Å². The number of hydrogen-bond acceptors (Lipinski definition) is 5. The molecule has 1 aliphatic heterocycles. The van der Waals surface area contributed by atoms with Crippen LogP contribution in [0.25, 0.3) is 0 Å². The van der Waals surface area contributed by atoms with Crippen LogP contribution in [0.3, 0.4) is 0 Å². The van der Waals surface area contributed by atoms with Gasteiger partial charge in [-0.1, -0.05) is 12.1 Å². The van der Waals surface area contributed by atoms with E-state index in [9.17, 15) is 22.0 Å². The van der Waals surface area contributed by atoms with Gasteiger partial charge < -0.3 is 30.0 Å². The van der Waals surface area contributed by atoms with Crippen molar-refractivity contribution < 1.29 is 40.9 Å². The highest BCUT2D eigenvalue weighted by Gasteiger charge is 2.32. The lowest BCUT2D eigenvalue weighted by Crippen LogP contribution is -2.24. The molecule has 0 saturated heterocycles. The summed E-state index contributed by atoms with van der Waals surface area (Å²) < 4.78 is 81.4. The standard InChI is InChI=1S/C17H14F5N3O4.HI/c18-15(19)28-12-6-14-13(26-8-27-14)5-9(12)7-24-16(23)25-10-3-1-2-4-11(10)29-17(20,21)22;/h1-6,15H,7-8H2,(H3,23,24,25);1H. The van der Waals surface area contributed by atoms with Crippen LogP contribution in [0.5, 0.6) is 23.0 Å². The molecule has 2 aromatic carbocycles. The number of ether oxygens (including phenoxy) is 4. The number of benzene rings is 2. The second kappa shape index (κ2) is 9.86. The van der Waals surface area contributed by atoms with Crippen LogP contribution in [0.4, 0.5) is 27.6 Å². The van der Waals surface area contributed by atoms with Gasteiger partial charge in [0.1, 0.15) is 5.75 Å². The summed E-state index contributed by atoms with van der Waals surface area (Å²) in [6, 6.07) is 7.84. The van der Waals surface area contributed by atoms with Crippen LogP contribution >= 0.6 is 24.0 Å². The van der Waals surface area contributed by atoms with E-state index < -0.39 is 18.7 Å². The molecule has 0 amide bonds. The number of nitrogens with one attached hydrogen (secondary N) is 1. The van der Waals surface area contributed by atoms with Crippen LogP contribution in [0.2, 0.25) is 0 Å². The summed E-state index contributed by atoms with van der Waals surface area (Å²) >= 11 is 0. The molecule has 0 aliphatic carbocycles. The number of halogens is 6. The normalized spacial score (nSPS) is 13.1. The van der Waals surface area contributed by atoms with Crippen LogP contribution in [-0.4, -0.2) is 25.7 Å². The third kappa shape index (κ3) is 6.40. The molecule has 0 aromatic heterocycles. The van der Waals surface area contributed by atoms with E-state index in [1.165, 1.54) is 30.3 Å². The average molecular weight is 547 g/mol. The SMILES string of the molecule is I.NC(=NCc1cc2c(cc1OC(F)F)OCO2)Nc1ccccc1OC(F)(F)F. The van der Waals surface area contributed by atoms with Gasteiger partial charge in [0.2, 0.25) is 6.79 Å². The summed E-state index contributed by atoms with van der Waals surface area (Å²) in [5, 5.41) is 2.47. The van der Waals surface area contributed by atoms with Gasteiger partial charge in [-0.05, 0) is 18.2 Å². The number of anilines is 1. The van der Waals surface area contributed by atoms with E-state index in [1.54, 1.807) is 0 Å². The summed E-state index contributed by atoms with van der Waals surface area (Å²) in [4.78, 5) is 3.95. The first-order chi connectivity index (χ1) is 13.7. The van der Waals surface area contributed by atoms with E-state index >= 15 is 0 Å². The van der Waals surface area contributed by atoms with E-state index in [4.69, 9.17) is 15.2 Å². The van der Waals surface area contributed by atoms with Crippen LogP contribution in [0.15, 0.2) is 41.4 Å². The number of rotatable bonds is 6. The van der Waals surface area contributed by atoms with Crippen LogP contribution < -0.4 is 30.0 Å². The first-order valence-corrected chi connectivity index (χ1v) is 8.00. The maximum atomic E-state index is 12.6. The summed E-state index contributed by atoms with van der Waals surface area (Å²) in [6.45, 7) is -3.38. The number of aliphatic imine (C=N–C) groups is 1. The zero-order chi connectivity index (χ0) is 21.0. The van der Waals surface area contributed by atoms with Crippen molar-refractivity contribution >= 4 is 35.6 Å². The van der Waals surface area contributed by atoms with Gasteiger partial charge in [-0.3, -0.25) is 0 Å². The van der Waals surface area contributed by atoms with Crippen molar-refractivity contribution in [1.82, 2.24) is 0 Å². The van der Waals surface area contributed by atoms with Crippen molar-refractivity contribution in [2.75, 3.05) is 12.1 Å². The first-order valence-electron chi connectivity index (χ1n) is 8.00. The van der Waals surface area contributed by atoms with Gasteiger partial charge in [-0.2, -0.15) is 8.78 Å². The van der Waals surface area contributed by atoms with Gasteiger partial charge in [0, 0.05) is 11.6 Å². The summed E-state index contributed by atoms with van der Waals surface area (Å²) in [7, 11) is 0. The Morgan fingerprint density at radius 1 is 1.13 bits per heavy atom. The Morgan fingerprint density at radius 3 is 2.47 bits per heavy atom. The molecular weight excluding hydrogens is 532 g/mol. The molecule has 0 atom stereocenters. The van der Waals surface area contributed by atoms with Gasteiger partial charge in [0.15, 0.2) is 23.2 Å². The predicted octanol–water partition coefficient (Wildman–Crippen LogP) is 4.46. The molecule has 2 aromatic rings. The molecule has 3 N–H and O–H groups in total. The number of guanidine groups is 1. The van der Waals surface area contributed by atoms with Gasteiger partial charge >= 0.3 is 13.0 Å². The highest BCUT2D eigenvalue weighted by molar-refractivity contribution is 14.0. The van der Waals surface area contributed by atoms with Crippen LogP contribution in [0, 0.1) is 0 Å². The second-order valence-corrected chi connectivity index (χ2v) is 5.56. The summed E-state index contributed by atoms with van der Waals surface area (Å²) in [6.07, 6.45) is -4.89. The molecule has 3 rings (SSSR count). The zero-order valence-corrected chi connectivity index (χ0v) is 17.2. The number of fused-ring (bicyclic) bond motifs is 1. The number of nitrogens with zero attached hydrogens (tertiary/aromatic N) is 1. The molecule has 0 fully saturated rings. The molecule has 164 valence electrons. The topological polar surface area (TPSA) is 87.3 Å². The van der Waals surface area contributed by atoms with Gasteiger partial charge in [0.05, 0.1) is 12.2 Å². The third-order valence-corrected chi connectivity index (χ3v) is 3.57. The maximum absolute atomic E-state index is 12.6. The third-order valence-electron chi connectivity index (χ3n) is 3.57. The van der Waals surface area contributed by atoms with Crippen LogP contribution in [0.1, 0.15) is 5.56 Å². The average Bonchev–Trinajstić information content (AvgIpc) is 3.07. The molecule has 1 heterocycles. The van der Waals surface area contributed by atoms with Crippen molar-refractivity contribution in [3.8, 4) is 23.0 Å². The molecule has 7 nitrogen and oxygen atoms in total. The number of hydrogen-bond donors (Lipinski definition) is 2. The first kappa shape index (κ1) is 23.6. The Bertz CT molecular complexity index is 911. The second-order valence-electron chi connectivity index (χ2n) is 5.56. The van der Waals surface area contributed by atoms with Crippen molar-refractivity contribution in [2.45, 2.75) is 19.5 Å². The highest BCUT2D eigenvalue weighted by atomic mass is 127. The van der Waals surface area contributed by atoms with E-state index in [-0.39, 0.29) is 66.0 Å². The fraction of sp³-hybridized carbons (Fsp3) is 0.235. The largest absolute Gasteiger partial charge is 0.573 e. The van der Waals surface area contributed by atoms with Gasteiger partial charge in [-0.15, -0.1) is 37.1 Å². The van der Waals surface area contributed by atoms with E-state index in [0.29, 0.717) is 5.75 Å². The Labute approximate surface area is 184 Å². The molecule has 0 spiro atoms. The minimum absolute atomic E-state index is 0. The van der Waals surface area contributed by atoms with Crippen molar-refractivity contribution in [1.29, 1.82) is 0 Å². The van der Waals surface area contributed by atoms with E-state index in [0.717, 1.165) is 6.07 Å². The zero-order valence-electron chi connectivity index (χ0n) is 14.9. The minimum Gasteiger partial charge on any atom is -0.454 e. The molecule has 0 saturated carbocycles. The fourth-order valence-electron chi connectivity index (χ4n) is 2.43. The lowest BCUT2D eigenvalue weighted by molar-refractivity contribution is -0.274. The lowest BCUT2D eigenvalue weighted by Gasteiger charge is -2.14. The summed E-state index contributed by atoms with van der Waals surface area (Å²) in [5.41, 5.74) is 5.83. The predicted molar refractivity (Wildman–Crippen MR) is 107 cm³/mol. The number of alkyl halides is 5. The fourth-order valence-corrected chi connectivity index (χ4v) is 2.43. The Hall–Kier alpha value is -2.71. The van der Waals surface area contributed by atoms with E-state index in [1.807, 2.05) is 0 Å². The number of para-hydroxylation sites is 2. The van der Waals surface area contributed by atoms with Crippen LogP contribution in [-0.2, 0) is 6.54 Å². The molecule has 1 aliphatic rings. The Balaban J connectivity index is 0.00000320. The molecule has 0 radical (unpaired) electrons. The van der Waals surface area contributed by atoms with Gasteiger partial charge in [-0.25, -0.2) is 4.99 Å². The Kier molecular flexibility index (Phi) is 7.75. The highest BCUT2D eigenvalue weighted by Crippen LogP contribution is 2.39. The lowest BCUT2D eigenvalue weighted by atomic mass is 10.1. The molecule has 13 heteroatoms. The minimum atomic E-state index is -4.89. The maximum Gasteiger partial charge on any atom is 0.573 e. The molecule has 30 heavy (non-hydrogen) atoms. The smallest absolute Gasteiger partial charge is 0.454 e. The molecular formula is C17H15F5IN3O4. The van der Waals surface area contributed by atoms with Gasteiger partial charge in [0.25, 0.3) is 0 Å².